The van der Waals surface area contributed by atoms with Crippen LogP contribution in [0.25, 0.3) is 0 Å². The first-order valence-corrected chi connectivity index (χ1v) is 6.37. The van der Waals surface area contributed by atoms with Gasteiger partial charge in [0.15, 0.2) is 6.29 Å². The van der Waals surface area contributed by atoms with E-state index in [0.717, 1.165) is 0 Å². The van der Waals surface area contributed by atoms with E-state index >= 15 is 0 Å². The molecule has 112 valence electrons. The van der Waals surface area contributed by atoms with E-state index in [4.69, 9.17) is 0 Å². The second-order valence-corrected chi connectivity index (χ2v) is 4.63. The molecule has 0 fully saturated rings. The van der Waals surface area contributed by atoms with Gasteiger partial charge in [-0.1, -0.05) is 0 Å². The highest BCUT2D eigenvalue weighted by Crippen LogP contribution is 2.31. The Morgan fingerprint density at radius 2 is 2.14 bits per heavy atom. The molecule has 2 rings (SSSR count). The van der Waals surface area contributed by atoms with Crippen LogP contribution in [0.15, 0.2) is 28.3 Å². The van der Waals surface area contributed by atoms with E-state index in [0.29, 0.717) is 23.4 Å². The fourth-order valence-electron chi connectivity index (χ4n) is 2.05. The minimum absolute atomic E-state index is 0.00871. The Morgan fingerprint density at radius 1 is 1.38 bits per heavy atom. The standard InChI is InChI=1S/C14H14F3N3O/c1-9-10(8-21)2-3-13(20-9)19-7-11-6-18-5-4-12(11)14(15,16)17/h2-3,6,8H,4-5,7H2,1H3,(H,19,20). The third-order valence-electron chi connectivity index (χ3n) is 3.18. The number of carbonyl (C=O) groups excluding carboxylic acids is 1. The van der Waals surface area contributed by atoms with Gasteiger partial charge in [0.05, 0.1) is 5.69 Å². The predicted octanol–water partition coefficient (Wildman–Crippen LogP) is 2.95. The first-order valence-electron chi connectivity index (χ1n) is 6.37. The van der Waals surface area contributed by atoms with Crippen LogP contribution in [0.4, 0.5) is 19.0 Å². The van der Waals surface area contributed by atoms with E-state index < -0.39 is 11.7 Å². The van der Waals surface area contributed by atoms with Crippen molar-refractivity contribution in [1.29, 1.82) is 0 Å². The molecule has 2 heterocycles. The second-order valence-electron chi connectivity index (χ2n) is 4.63. The molecule has 0 bridgehead atoms. The summed E-state index contributed by atoms with van der Waals surface area (Å²) in [5.74, 6) is 0.422. The van der Waals surface area contributed by atoms with E-state index in [1.54, 1.807) is 19.1 Å². The fourth-order valence-corrected chi connectivity index (χ4v) is 2.05. The molecule has 0 saturated carbocycles. The van der Waals surface area contributed by atoms with Crippen LogP contribution in [-0.4, -0.2) is 36.8 Å². The van der Waals surface area contributed by atoms with Gasteiger partial charge < -0.3 is 5.32 Å². The molecule has 0 spiro atoms. The quantitative estimate of drug-likeness (QED) is 0.869. The van der Waals surface area contributed by atoms with Crippen molar-refractivity contribution >= 4 is 18.3 Å². The lowest BCUT2D eigenvalue weighted by atomic mass is 10.0. The molecule has 0 saturated heterocycles. The number of rotatable bonds is 4. The van der Waals surface area contributed by atoms with Crippen molar-refractivity contribution in [3.63, 3.8) is 0 Å². The smallest absolute Gasteiger partial charge is 0.366 e. The molecule has 0 amide bonds. The summed E-state index contributed by atoms with van der Waals surface area (Å²) in [7, 11) is 0. The van der Waals surface area contributed by atoms with Gasteiger partial charge in [0.2, 0.25) is 0 Å². The summed E-state index contributed by atoms with van der Waals surface area (Å²) in [5.41, 5.74) is 0.547. The zero-order valence-corrected chi connectivity index (χ0v) is 11.4. The SMILES string of the molecule is Cc1nc(NCC2=C(C(F)(F)F)CCN=C2)ccc1C=O. The Balaban J connectivity index is 2.14. The Kier molecular flexibility index (Phi) is 4.40. The van der Waals surface area contributed by atoms with Crippen molar-refractivity contribution in [2.24, 2.45) is 4.99 Å². The predicted molar refractivity (Wildman–Crippen MR) is 73.9 cm³/mol. The monoisotopic (exact) mass is 297 g/mol. The number of hydrogen-bond donors (Lipinski definition) is 1. The molecule has 1 aromatic rings. The van der Waals surface area contributed by atoms with Crippen molar-refractivity contribution in [2.45, 2.75) is 19.5 Å². The van der Waals surface area contributed by atoms with E-state index in [2.05, 4.69) is 15.3 Å². The topological polar surface area (TPSA) is 54.4 Å². The van der Waals surface area contributed by atoms with E-state index in [-0.39, 0.29) is 25.1 Å². The zero-order chi connectivity index (χ0) is 15.5. The number of dihydropyridines is 1. The van der Waals surface area contributed by atoms with Crippen molar-refractivity contribution in [2.75, 3.05) is 18.4 Å². The largest absolute Gasteiger partial charge is 0.413 e. The summed E-state index contributed by atoms with van der Waals surface area (Å²) >= 11 is 0. The number of aliphatic imine (C=N–C) groups is 1. The van der Waals surface area contributed by atoms with Crippen molar-refractivity contribution in [3.8, 4) is 0 Å². The van der Waals surface area contributed by atoms with Gasteiger partial charge in [0.1, 0.15) is 5.82 Å². The van der Waals surface area contributed by atoms with Crippen molar-refractivity contribution in [1.82, 2.24) is 4.98 Å². The highest BCUT2D eigenvalue weighted by molar-refractivity contribution is 5.82. The maximum Gasteiger partial charge on any atom is 0.413 e. The summed E-state index contributed by atoms with van der Waals surface area (Å²) < 4.78 is 38.6. The normalized spacial score (nSPS) is 15.2. The third-order valence-corrected chi connectivity index (χ3v) is 3.18. The Hall–Kier alpha value is -2.18. The van der Waals surface area contributed by atoms with Gasteiger partial charge in [-0.25, -0.2) is 4.98 Å². The van der Waals surface area contributed by atoms with Crippen LogP contribution in [0.5, 0.6) is 0 Å². The maximum atomic E-state index is 12.9. The summed E-state index contributed by atoms with van der Waals surface area (Å²) in [4.78, 5) is 18.7. The molecular formula is C14H14F3N3O. The highest BCUT2D eigenvalue weighted by atomic mass is 19.4. The molecule has 0 aliphatic carbocycles. The van der Waals surface area contributed by atoms with E-state index in [1.165, 1.54) is 6.21 Å². The molecule has 0 aromatic carbocycles. The lowest BCUT2D eigenvalue weighted by Crippen LogP contribution is -2.22. The van der Waals surface area contributed by atoms with Gasteiger partial charge in [-0.2, -0.15) is 13.2 Å². The summed E-state index contributed by atoms with van der Waals surface area (Å²) in [5, 5.41) is 2.83. The number of halogens is 3. The number of anilines is 1. The van der Waals surface area contributed by atoms with Crippen LogP contribution < -0.4 is 5.32 Å². The minimum Gasteiger partial charge on any atom is -0.366 e. The number of aryl methyl sites for hydroxylation is 1. The van der Waals surface area contributed by atoms with Gasteiger partial charge in [-0.3, -0.25) is 9.79 Å². The Labute approximate surface area is 119 Å². The van der Waals surface area contributed by atoms with Crippen molar-refractivity contribution in [3.05, 3.63) is 34.5 Å². The maximum absolute atomic E-state index is 12.9. The Bertz CT molecular complexity index is 606. The zero-order valence-electron chi connectivity index (χ0n) is 11.4. The number of nitrogens with one attached hydrogen (secondary N) is 1. The number of pyridine rings is 1. The summed E-state index contributed by atoms with van der Waals surface area (Å²) in [6, 6.07) is 3.14. The van der Waals surface area contributed by atoms with Gasteiger partial charge in [-0.05, 0) is 31.1 Å². The molecule has 0 unspecified atom stereocenters. The first kappa shape index (κ1) is 15.2. The summed E-state index contributed by atoms with van der Waals surface area (Å²) in [6.45, 7) is 1.81. The molecular weight excluding hydrogens is 283 g/mol. The number of carbonyl (C=O) groups is 1. The van der Waals surface area contributed by atoms with Gasteiger partial charge >= 0.3 is 6.18 Å². The number of nitrogens with zero attached hydrogens (tertiary/aromatic N) is 2. The van der Waals surface area contributed by atoms with Crippen LogP contribution in [0.1, 0.15) is 22.5 Å². The molecule has 4 nitrogen and oxygen atoms in total. The lowest BCUT2D eigenvalue weighted by molar-refractivity contribution is -0.0944. The number of aldehydes is 1. The molecule has 1 aromatic heterocycles. The molecule has 1 aliphatic rings. The number of alkyl halides is 3. The van der Waals surface area contributed by atoms with Crippen LogP contribution in [0, 0.1) is 6.92 Å². The number of hydrogen-bond acceptors (Lipinski definition) is 4. The second kappa shape index (κ2) is 6.07. The molecule has 1 aliphatic heterocycles. The minimum atomic E-state index is -4.34. The van der Waals surface area contributed by atoms with Crippen LogP contribution in [-0.2, 0) is 0 Å². The van der Waals surface area contributed by atoms with E-state index in [9.17, 15) is 18.0 Å². The first-order chi connectivity index (χ1) is 9.91. The van der Waals surface area contributed by atoms with Gasteiger partial charge in [0, 0.05) is 30.4 Å². The molecule has 1 N–H and O–H groups in total. The number of aromatic nitrogens is 1. The highest BCUT2D eigenvalue weighted by Gasteiger charge is 2.36. The lowest BCUT2D eigenvalue weighted by Gasteiger charge is -2.18. The van der Waals surface area contributed by atoms with Crippen molar-refractivity contribution < 1.29 is 18.0 Å². The van der Waals surface area contributed by atoms with Crippen LogP contribution >= 0.6 is 0 Å². The van der Waals surface area contributed by atoms with E-state index in [1.807, 2.05) is 0 Å². The summed E-state index contributed by atoms with van der Waals surface area (Å²) in [6.07, 6.45) is -2.50. The van der Waals surface area contributed by atoms with Crippen LogP contribution in [0.2, 0.25) is 0 Å². The molecule has 0 radical (unpaired) electrons. The fraction of sp³-hybridized carbons (Fsp3) is 0.357. The Morgan fingerprint density at radius 3 is 2.76 bits per heavy atom. The van der Waals surface area contributed by atoms with Gasteiger partial charge in [-0.15, -0.1) is 0 Å². The average molecular weight is 297 g/mol. The molecule has 7 heteroatoms. The third kappa shape index (κ3) is 3.68. The van der Waals surface area contributed by atoms with Crippen LogP contribution in [0.3, 0.4) is 0 Å². The average Bonchev–Trinajstić information content (AvgIpc) is 2.44. The van der Waals surface area contributed by atoms with Gasteiger partial charge in [0.25, 0.3) is 0 Å². The molecule has 21 heavy (non-hydrogen) atoms. The molecule has 0 atom stereocenters.